The lowest BCUT2D eigenvalue weighted by Crippen LogP contribution is -2.22. The van der Waals surface area contributed by atoms with Gasteiger partial charge < -0.3 is 15.2 Å². The summed E-state index contributed by atoms with van der Waals surface area (Å²) in [5.41, 5.74) is 0.402. The maximum atomic E-state index is 12.7. The van der Waals surface area contributed by atoms with Gasteiger partial charge in [-0.25, -0.2) is 14.4 Å². The standard InChI is InChI=1S/C12H12FN3O2/c1-7(13)5-14-10-3-2-8-4-9(12(17)18)6-15-11(8)16-10/h2-4,6-7H,5H2,1H3,(H,17,18)(H,14,15,16)/p-1. The Morgan fingerprint density at radius 2 is 2.33 bits per heavy atom. The fourth-order valence-corrected chi connectivity index (χ4v) is 1.47. The van der Waals surface area contributed by atoms with Crippen LogP contribution in [0.2, 0.25) is 0 Å². The molecule has 0 aliphatic heterocycles. The number of rotatable bonds is 4. The Morgan fingerprint density at radius 3 is 3.00 bits per heavy atom. The van der Waals surface area contributed by atoms with Gasteiger partial charge in [-0.1, -0.05) is 0 Å². The molecule has 0 aliphatic carbocycles. The minimum Gasteiger partial charge on any atom is -0.545 e. The number of aromatic carboxylic acids is 1. The monoisotopic (exact) mass is 248 g/mol. The lowest BCUT2D eigenvalue weighted by Gasteiger charge is -2.07. The molecule has 0 fully saturated rings. The highest BCUT2D eigenvalue weighted by atomic mass is 19.1. The molecule has 0 saturated carbocycles. The first-order chi connectivity index (χ1) is 8.56. The zero-order valence-electron chi connectivity index (χ0n) is 9.68. The summed E-state index contributed by atoms with van der Waals surface area (Å²) in [7, 11) is 0. The third-order valence-electron chi connectivity index (χ3n) is 2.34. The molecule has 0 saturated heterocycles. The fourth-order valence-electron chi connectivity index (χ4n) is 1.47. The van der Waals surface area contributed by atoms with Crippen LogP contribution in [0.25, 0.3) is 11.0 Å². The Labute approximate surface area is 103 Å². The number of fused-ring (bicyclic) bond motifs is 1. The first-order valence-electron chi connectivity index (χ1n) is 5.42. The van der Waals surface area contributed by atoms with Crippen LogP contribution in [0.4, 0.5) is 10.2 Å². The van der Waals surface area contributed by atoms with Gasteiger partial charge in [-0.05, 0) is 25.1 Å². The number of hydrogen-bond donors (Lipinski definition) is 1. The van der Waals surface area contributed by atoms with E-state index in [1.54, 1.807) is 12.1 Å². The molecule has 2 heterocycles. The van der Waals surface area contributed by atoms with Crippen LogP contribution in [0.5, 0.6) is 0 Å². The van der Waals surface area contributed by atoms with Gasteiger partial charge in [0.1, 0.15) is 12.0 Å². The Balaban J connectivity index is 2.29. The van der Waals surface area contributed by atoms with Gasteiger partial charge in [-0.15, -0.1) is 0 Å². The first-order valence-corrected chi connectivity index (χ1v) is 5.42. The summed E-state index contributed by atoms with van der Waals surface area (Å²) in [6.07, 6.45) is 0.211. The number of hydrogen-bond acceptors (Lipinski definition) is 5. The zero-order valence-corrected chi connectivity index (χ0v) is 9.68. The number of anilines is 1. The van der Waals surface area contributed by atoms with Crippen LogP contribution >= 0.6 is 0 Å². The summed E-state index contributed by atoms with van der Waals surface area (Å²) < 4.78 is 12.7. The number of carbonyl (C=O) groups is 1. The molecule has 18 heavy (non-hydrogen) atoms. The van der Waals surface area contributed by atoms with Crippen LogP contribution in [-0.4, -0.2) is 28.7 Å². The fraction of sp³-hybridized carbons (Fsp3) is 0.250. The summed E-state index contributed by atoms with van der Waals surface area (Å²) in [5.74, 6) is -0.779. The van der Waals surface area contributed by atoms with Gasteiger partial charge in [-0.2, -0.15) is 0 Å². The molecule has 0 spiro atoms. The van der Waals surface area contributed by atoms with Crippen LogP contribution in [0.15, 0.2) is 24.4 Å². The van der Waals surface area contributed by atoms with Crippen molar-refractivity contribution in [3.63, 3.8) is 0 Å². The van der Waals surface area contributed by atoms with Crippen LogP contribution < -0.4 is 10.4 Å². The van der Waals surface area contributed by atoms with Crippen LogP contribution in [0.1, 0.15) is 17.3 Å². The van der Waals surface area contributed by atoms with Crippen molar-refractivity contribution in [1.29, 1.82) is 0 Å². The molecular formula is C12H11FN3O2-. The number of nitrogens with one attached hydrogen (secondary N) is 1. The number of alkyl halides is 1. The molecule has 6 heteroatoms. The van der Waals surface area contributed by atoms with E-state index in [9.17, 15) is 14.3 Å². The summed E-state index contributed by atoms with van der Waals surface area (Å²) in [6, 6.07) is 4.75. The predicted octanol–water partition coefficient (Wildman–Crippen LogP) is 0.763. The van der Waals surface area contributed by atoms with Gasteiger partial charge in [0.05, 0.1) is 5.97 Å². The maximum absolute atomic E-state index is 12.7. The summed E-state index contributed by atoms with van der Waals surface area (Å²) in [4.78, 5) is 18.7. The Kier molecular flexibility index (Phi) is 3.36. The van der Waals surface area contributed by atoms with E-state index < -0.39 is 12.1 Å². The molecule has 1 unspecified atom stereocenters. The first kappa shape index (κ1) is 12.2. The Hall–Kier alpha value is -2.24. The molecular weight excluding hydrogens is 237 g/mol. The molecule has 2 aromatic heterocycles. The number of carboxylic acids is 1. The second-order valence-corrected chi connectivity index (χ2v) is 3.92. The summed E-state index contributed by atoms with van der Waals surface area (Å²) in [5, 5.41) is 14.1. The molecule has 0 aliphatic rings. The number of nitrogens with zero attached hydrogens (tertiary/aromatic N) is 2. The second-order valence-electron chi connectivity index (χ2n) is 3.92. The molecule has 1 atom stereocenters. The van der Waals surface area contributed by atoms with Crippen molar-refractivity contribution < 1.29 is 14.3 Å². The number of halogens is 1. The van der Waals surface area contributed by atoms with E-state index in [0.29, 0.717) is 16.9 Å². The Bertz CT molecular complexity index is 587. The van der Waals surface area contributed by atoms with Crippen molar-refractivity contribution in [1.82, 2.24) is 9.97 Å². The van der Waals surface area contributed by atoms with E-state index in [4.69, 9.17) is 0 Å². The Morgan fingerprint density at radius 1 is 1.56 bits per heavy atom. The summed E-state index contributed by atoms with van der Waals surface area (Å²) >= 11 is 0. The highest BCUT2D eigenvalue weighted by molar-refractivity contribution is 5.90. The average molecular weight is 248 g/mol. The highest BCUT2D eigenvalue weighted by Gasteiger charge is 2.03. The number of carboxylic acid groups (broad SMARTS) is 1. The highest BCUT2D eigenvalue weighted by Crippen LogP contribution is 2.14. The van der Waals surface area contributed by atoms with Gasteiger partial charge in [0.2, 0.25) is 0 Å². The molecule has 0 radical (unpaired) electrons. The largest absolute Gasteiger partial charge is 0.545 e. The van der Waals surface area contributed by atoms with E-state index in [0.717, 1.165) is 0 Å². The number of carbonyl (C=O) groups excluding carboxylic acids is 1. The van der Waals surface area contributed by atoms with Crippen molar-refractivity contribution in [2.45, 2.75) is 13.1 Å². The number of pyridine rings is 2. The van der Waals surface area contributed by atoms with E-state index in [-0.39, 0.29) is 12.1 Å². The minimum atomic E-state index is -1.28. The molecule has 5 nitrogen and oxygen atoms in total. The average Bonchev–Trinajstić information content (AvgIpc) is 2.35. The molecule has 2 rings (SSSR count). The van der Waals surface area contributed by atoms with Gasteiger partial charge in [0.25, 0.3) is 0 Å². The molecule has 0 amide bonds. The SMILES string of the molecule is CC(F)CNc1ccc2cc(C(=O)[O-])cnc2n1. The van der Waals surface area contributed by atoms with Gasteiger partial charge in [-0.3, -0.25) is 0 Å². The van der Waals surface area contributed by atoms with Crippen molar-refractivity contribution in [2.75, 3.05) is 11.9 Å². The quantitative estimate of drug-likeness (QED) is 0.864. The van der Waals surface area contributed by atoms with Crippen molar-refractivity contribution in [2.24, 2.45) is 0 Å². The number of aromatic nitrogens is 2. The lowest BCUT2D eigenvalue weighted by molar-refractivity contribution is -0.255. The zero-order chi connectivity index (χ0) is 13.1. The van der Waals surface area contributed by atoms with Gasteiger partial charge >= 0.3 is 0 Å². The van der Waals surface area contributed by atoms with Crippen LogP contribution in [-0.2, 0) is 0 Å². The van der Waals surface area contributed by atoms with E-state index >= 15 is 0 Å². The maximum Gasteiger partial charge on any atom is 0.161 e. The van der Waals surface area contributed by atoms with Crippen LogP contribution in [0.3, 0.4) is 0 Å². The third kappa shape index (κ3) is 2.71. The van der Waals surface area contributed by atoms with Crippen molar-refractivity contribution in [3.8, 4) is 0 Å². The van der Waals surface area contributed by atoms with E-state index in [1.165, 1.54) is 19.2 Å². The molecule has 2 aromatic rings. The second kappa shape index (κ2) is 4.95. The summed E-state index contributed by atoms with van der Waals surface area (Å²) in [6.45, 7) is 1.61. The molecule has 94 valence electrons. The topological polar surface area (TPSA) is 77.9 Å². The van der Waals surface area contributed by atoms with Crippen molar-refractivity contribution in [3.05, 3.63) is 30.0 Å². The minimum absolute atomic E-state index is 0.00221. The normalized spacial score (nSPS) is 12.3. The smallest absolute Gasteiger partial charge is 0.161 e. The van der Waals surface area contributed by atoms with E-state index in [1.807, 2.05) is 0 Å². The third-order valence-corrected chi connectivity index (χ3v) is 2.34. The van der Waals surface area contributed by atoms with Gasteiger partial charge in [0.15, 0.2) is 5.65 Å². The van der Waals surface area contributed by atoms with E-state index in [2.05, 4.69) is 15.3 Å². The van der Waals surface area contributed by atoms with Crippen LogP contribution in [0, 0.1) is 0 Å². The predicted molar refractivity (Wildman–Crippen MR) is 62.9 cm³/mol. The lowest BCUT2D eigenvalue weighted by atomic mass is 10.2. The molecule has 0 bridgehead atoms. The molecule has 1 N–H and O–H groups in total. The van der Waals surface area contributed by atoms with Crippen molar-refractivity contribution >= 4 is 22.8 Å². The molecule has 0 aromatic carbocycles. The van der Waals surface area contributed by atoms with Gasteiger partial charge in [0, 0.05) is 23.7 Å².